The Bertz CT molecular complexity index is 524. The van der Waals surface area contributed by atoms with Crippen LogP contribution in [-0.2, 0) is 16.6 Å². The second-order valence-corrected chi connectivity index (χ2v) is 8.18. The third-order valence-corrected chi connectivity index (χ3v) is 5.49. The molecule has 1 aromatic carbocycles. The number of hydrogen-bond donors (Lipinski definition) is 1. The first-order valence-corrected chi connectivity index (χ1v) is 9.05. The van der Waals surface area contributed by atoms with Crippen LogP contribution < -0.4 is 5.32 Å². The smallest absolute Gasteiger partial charge is 0.234 e. The Hall–Kier alpha value is -1.35. The van der Waals surface area contributed by atoms with E-state index in [1.165, 1.54) is 36.8 Å². The molecule has 3 heteroatoms. The normalized spacial score (nSPS) is 24.1. The summed E-state index contributed by atoms with van der Waals surface area (Å²) in [4.78, 5) is 14.6. The number of rotatable bonds is 5. The van der Waals surface area contributed by atoms with Gasteiger partial charge in [-0.05, 0) is 48.6 Å². The molecule has 3 rings (SSSR count). The van der Waals surface area contributed by atoms with Crippen molar-refractivity contribution in [2.75, 3.05) is 13.1 Å². The molecule has 2 aliphatic rings. The van der Waals surface area contributed by atoms with Crippen molar-refractivity contribution < 1.29 is 4.79 Å². The number of nitrogens with zero attached hydrogens (tertiary/aromatic N) is 1. The van der Waals surface area contributed by atoms with Gasteiger partial charge < -0.3 is 5.32 Å². The molecule has 2 heterocycles. The Morgan fingerprint density at radius 1 is 1.09 bits per heavy atom. The van der Waals surface area contributed by atoms with Crippen molar-refractivity contribution in [2.45, 2.75) is 70.4 Å². The van der Waals surface area contributed by atoms with Gasteiger partial charge in [-0.3, -0.25) is 9.69 Å². The number of hydrogen-bond acceptors (Lipinski definition) is 2. The molecule has 23 heavy (non-hydrogen) atoms. The summed E-state index contributed by atoms with van der Waals surface area (Å²) in [6.07, 6.45) is 6.06. The first kappa shape index (κ1) is 16.5. The van der Waals surface area contributed by atoms with Crippen LogP contribution in [0.4, 0.5) is 0 Å². The number of carbonyl (C=O) groups is 1. The van der Waals surface area contributed by atoms with Gasteiger partial charge in [0.05, 0.1) is 6.54 Å². The molecule has 0 atom stereocenters. The lowest BCUT2D eigenvalue weighted by molar-refractivity contribution is -0.122. The van der Waals surface area contributed by atoms with Gasteiger partial charge in [-0.25, -0.2) is 0 Å². The minimum absolute atomic E-state index is 0.190. The molecule has 0 radical (unpaired) electrons. The van der Waals surface area contributed by atoms with Gasteiger partial charge in [0.25, 0.3) is 0 Å². The Kier molecular flexibility index (Phi) is 4.77. The third-order valence-electron chi connectivity index (χ3n) is 5.49. The van der Waals surface area contributed by atoms with Gasteiger partial charge in [0, 0.05) is 18.6 Å². The Balaban J connectivity index is 1.41. The maximum atomic E-state index is 12.1. The first-order chi connectivity index (χ1) is 10.9. The molecular formula is C20H30N2O. The van der Waals surface area contributed by atoms with Crippen molar-refractivity contribution in [2.24, 2.45) is 0 Å². The van der Waals surface area contributed by atoms with Gasteiger partial charge in [0.1, 0.15) is 0 Å². The van der Waals surface area contributed by atoms with Crippen LogP contribution in [0.3, 0.4) is 0 Å². The van der Waals surface area contributed by atoms with Crippen LogP contribution in [0, 0.1) is 0 Å². The van der Waals surface area contributed by atoms with Crippen LogP contribution in [0.2, 0.25) is 0 Å². The topological polar surface area (TPSA) is 32.3 Å². The van der Waals surface area contributed by atoms with Crippen molar-refractivity contribution in [3.05, 3.63) is 35.4 Å². The Morgan fingerprint density at radius 2 is 1.65 bits per heavy atom. The molecule has 0 aliphatic carbocycles. The summed E-state index contributed by atoms with van der Waals surface area (Å²) >= 11 is 0. The van der Waals surface area contributed by atoms with Gasteiger partial charge in [-0.15, -0.1) is 0 Å². The number of amides is 1. The highest BCUT2D eigenvalue weighted by molar-refractivity contribution is 5.78. The molecule has 0 aromatic heterocycles. The summed E-state index contributed by atoms with van der Waals surface area (Å²) in [6.45, 7) is 8.02. The minimum atomic E-state index is 0.190. The van der Waals surface area contributed by atoms with E-state index in [1.54, 1.807) is 0 Å². The second-order valence-electron chi connectivity index (χ2n) is 8.18. The summed E-state index contributed by atoms with van der Waals surface area (Å²) in [5.74, 6) is 0.190. The summed E-state index contributed by atoms with van der Waals surface area (Å²) in [5, 5.41) is 3.09. The molecule has 0 spiro atoms. The zero-order valence-corrected chi connectivity index (χ0v) is 14.8. The van der Waals surface area contributed by atoms with Crippen LogP contribution in [-0.4, -0.2) is 36.0 Å². The van der Waals surface area contributed by atoms with Crippen molar-refractivity contribution in [1.82, 2.24) is 10.2 Å². The van der Waals surface area contributed by atoms with Gasteiger partial charge in [-0.2, -0.15) is 0 Å². The SMILES string of the molecule is CC(C)(C)c1ccc(CCNC(=O)CN2C3CCC2CC3)cc1. The van der Waals surface area contributed by atoms with E-state index in [9.17, 15) is 4.79 Å². The molecule has 3 nitrogen and oxygen atoms in total. The second kappa shape index (κ2) is 6.64. The van der Waals surface area contributed by atoms with Crippen LogP contribution in [0.5, 0.6) is 0 Å². The average Bonchev–Trinajstić information content (AvgIpc) is 3.06. The third kappa shape index (κ3) is 3.95. The zero-order chi connectivity index (χ0) is 16.4. The molecule has 126 valence electrons. The Labute approximate surface area is 140 Å². The van der Waals surface area contributed by atoms with E-state index in [0.717, 1.165) is 13.0 Å². The van der Waals surface area contributed by atoms with Crippen LogP contribution in [0.15, 0.2) is 24.3 Å². The van der Waals surface area contributed by atoms with Gasteiger partial charge in [0.2, 0.25) is 5.91 Å². The summed E-state index contributed by atoms with van der Waals surface area (Å²) in [6, 6.07) is 10.1. The molecule has 2 saturated heterocycles. The maximum Gasteiger partial charge on any atom is 0.234 e. The van der Waals surface area contributed by atoms with E-state index < -0.39 is 0 Å². The fourth-order valence-corrected chi connectivity index (χ4v) is 4.02. The monoisotopic (exact) mass is 314 g/mol. The van der Waals surface area contributed by atoms with E-state index in [0.29, 0.717) is 18.6 Å². The lowest BCUT2D eigenvalue weighted by Crippen LogP contribution is -2.40. The van der Waals surface area contributed by atoms with Crippen molar-refractivity contribution in [1.29, 1.82) is 0 Å². The van der Waals surface area contributed by atoms with Crippen LogP contribution in [0.25, 0.3) is 0 Å². The highest BCUT2D eigenvalue weighted by Gasteiger charge is 2.39. The maximum absolute atomic E-state index is 12.1. The van der Waals surface area contributed by atoms with Gasteiger partial charge in [0.15, 0.2) is 0 Å². The minimum Gasteiger partial charge on any atom is -0.355 e. The highest BCUT2D eigenvalue weighted by atomic mass is 16.2. The lowest BCUT2D eigenvalue weighted by Gasteiger charge is -2.21. The zero-order valence-electron chi connectivity index (χ0n) is 14.8. The fraction of sp³-hybridized carbons (Fsp3) is 0.650. The number of carbonyl (C=O) groups excluding carboxylic acids is 1. The molecule has 0 saturated carbocycles. The van der Waals surface area contributed by atoms with Crippen molar-refractivity contribution in [3.63, 3.8) is 0 Å². The van der Waals surface area contributed by atoms with E-state index >= 15 is 0 Å². The van der Waals surface area contributed by atoms with Crippen LogP contribution in [0.1, 0.15) is 57.6 Å². The number of fused-ring (bicyclic) bond motifs is 2. The number of nitrogens with one attached hydrogen (secondary N) is 1. The molecule has 2 aliphatic heterocycles. The standard InChI is InChI=1S/C20H30N2O/c1-20(2,3)16-6-4-15(5-7-16)12-13-21-19(23)14-22-17-8-9-18(22)11-10-17/h4-7,17-18H,8-14H2,1-3H3,(H,21,23). The van der Waals surface area contributed by atoms with Crippen LogP contribution >= 0.6 is 0 Å². The fourth-order valence-electron chi connectivity index (χ4n) is 4.02. The largest absolute Gasteiger partial charge is 0.355 e. The molecule has 1 aromatic rings. The number of benzene rings is 1. The molecular weight excluding hydrogens is 284 g/mol. The van der Waals surface area contributed by atoms with Crippen molar-refractivity contribution >= 4 is 5.91 Å². The van der Waals surface area contributed by atoms with E-state index in [1.807, 2.05) is 0 Å². The summed E-state index contributed by atoms with van der Waals surface area (Å²) in [5.41, 5.74) is 2.84. The Morgan fingerprint density at radius 3 is 2.17 bits per heavy atom. The molecule has 2 bridgehead atoms. The van der Waals surface area contributed by atoms with Gasteiger partial charge >= 0.3 is 0 Å². The highest BCUT2D eigenvalue weighted by Crippen LogP contribution is 2.36. The van der Waals surface area contributed by atoms with E-state index in [2.05, 4.69) is 55.3 Å². The van der Waals surface area contributed by atoms with Gasteiger partial charge in [-0.1, -0.05) is 45.0 Å². The van der Waals surface area contributed by atoms with Crippen molar-refractivity contribution in [3.8, 4) is 0 Å². The summed E-state index contributed by atoms with van der Waals surface area (Å²) < 4.78 is 0. The lowest BCUT2D eigenvalue weighted by atomic mass is 9.86. The van der Waals surface area contributed by atoms with E-state index in [-0.39, 0.29) is 11.3 Å². The molecule has 2 fully saturated rings. The molecule has 1 amide bonds. The first-order valence-electron chi connectivity index (χ1n) is 9.05. The molecule has 1 N–H and O–H groups in total. The van der Waals surface area contributed by atoms with E-state index in [4.69, 9.17) is 0 Å². The predicted octanol–water partition coefficient (Wildman–Crippen LogP) is 3.27. The predicted molar refractivity (Wildman–Crippen MR) is 94.6 cm³/mol. The molecule has 0 unspecified atom stereocenters. The average molecular weight is 314 g/mol. The summed E-state index contributed by atoms with van der Waals surface area (Å²) in [7, 11) is 0. The quantitative estimate of drug-likeness (QED) is 0.904.